The van der Waals surface area contributed by atoms with Gasteiger partial charge < -0.3 is 19.3 Å². The van der Waals surface area contributed by atoms with Crippen molar-refractivity contribution in [3.05, 3.63) is 18.2 Å². The zero-order valence-corrected chi connectivity index (χ0v) is 9.59. The summed E-state index contributed by atoms with van der Waals surface area (Å²) in [5, 5.41) is 14.9. The molecule has 0 amide bonds. The van der Waals surface area contributed by atoms with Crippen molar-refractivity contribution in [3.63, 3.8) is 0 Å². The first-order valence-corrected chi connectivity index (χ1v) is 5.77. The van der Waals surface area contributed by atoms with Crippen molar-refractivity contribution in [3.8, 4) is 5.75 Å². The van der Waals surface area contributed by atoms with Gasteiger partial charge in [0.2, 0.25) is 0 Å². The van der Waals surface area contributed by atoms with E-state index in [0.29, 0.717) is 11.4 Å². The normalized spacial score (nSPS) is 19.2. The van der Waals surface area contributed by atoms with Gasteiger partial charge in [-0.25, -0.2) is 0 Å². The van der Waals surface area contributed by atoms with Gasteiger partial charge in [-0.2, -0.15) is 0 Å². The molecule has 0 spiro atoms. The maximum Gasteiger partial charge on any atom is 0.185 e. The molecule has 1 atom stereocenters. The van der Waals surface area contributed by atoms with Crippen LogP contribution in [0, 0.1) is 0 Å². The summed E-state index contributed by atoms with van der Waals surface area (Å²) in [5.41, 5.74) is 0.688. The Labute approximate surface area is 98.6 Å². The minimum Gasteiger partial charge on any atom is -0.488 e. The molecule has 0 saturated carbocycles. The van der Waals surface area contributed by atoms with Crippen LogP contribution >= 0.6 is 0 Å². The molecule has 2 heterocycles. The topological polar surface area (TPSA) is 58.7 Å². The molecule has 5 nitrogen and oxygen atoms in total. The van der Waals surface area contributed by atoms with Crippen LogP contribution in [0.3, 0.4) is 0 Å². The Morgan fingerprint density at radius 1 is 1.53 bits per heavy atom. The van der Waals surface area contributed by atoms with Crippen molar-refractivity contribution in [1.29, 1.82) is 0 Å². The summed E-state index contributed by atoms with van der Waals surface area (Å²) < 4.78 is 10.8. The van der Waals surface area contributed by atoms with E-state index in [2.05, 4.69) is 12.1 Å². The van der Waals surface area contributed by atoms with E-state index in [4.69, 9.17) is 9.26 Å². The summed E-state index contributed by atoms with van der Waals surface area (Å²) >= 11 is 0. The number of rotatable bonds is 2. The highest BCUT2D eigenvalue weighted by molar-refractivity contribution is 5.94. The highest BCUT2D eigenvalue weighted by atomic mass is 16.5. The van der Waals surface area contributed by atoms with Crippen LogP contribution in [0.25, 0.3) is 11.0 Å². The van der Waals surface area contributed by atoms with Crippen LogP contribution in [0.2, 0.25) is 0 Å². The number of ether oxygens (including phenoxy) is 1. The number of aliphatic hydroxyl groups excluding tert-OH is 1. The number of hydrogen-bond donors (Lipinski definition) is 1. The molecule has 1 aromatic heterocycles. The molecule has 1 aromatic carbocycles. The van der Waals surface area contributed by atoms with Gasteiger partial charge in [-0.3, -0.25) is 0 Å². The fourth-order valence-electron chi connectivity index (χ4n) is 2.15. The van der Waals surface area contributed by atoms with Crippen LogP contribution in [0.4, 0.5) is 5.82 Å². The number of hydrogen-bond acceptors (Lipinski definition) is 5. The Morgan fingerprint density at radius 2 is 2.41 bits per heavy atom. The first-order chi connectivity index (χ1) is 8.31. The van der Waals surface area contributed by atoms with Crippen LogP contribution in [0.1, 0.15) is 13.3 Å². The van der Waals surface area contributed by atoms with Gasteiger partial charge in [0.1, 0.15) is 17.7 Å². The molecule has 0 fully saturated rings. The molecule has 0 aliphatic carbocycles. The van der Waals surface area contributed by atoms with Crippen LogP contribution in [-0.2, 0) is 0 Å². The first kappa shape index (κ1) is 10.4. The Hall–Kier alpha value is -1.75. The molecule has 1 N–H and O–H groups in total. The van der Waals surface area contributed by atoms with Crippen LogP contribution in [0.5, 0.6) is 5.75 Å². The van der Waals surface area contributed by atoms with Crippen molar-refractivity contribution < 1.29 is 14.4 Å². The molecule has 1 aliphatic rings. The third-order valence-electron chi connectivity index (χ3n) is 2.93. The van der Waals surface area contributed by atoms with E-state index in [1.165, 1.54) is 0 Å². The minimum atomic E-state index is -0.685. The van der Waals surface area contributed by atoms with Crippen LogP contribution in [0.15, 0.2) is 22.7 Å². The first-order valence-electron chi connectivity index (χ1n) is 5.77. The van der Waals surface area contributed by atoms with Gasteiger partial charge >= 0.3 is 0 Å². The van der Waals surface area contributed by atoms with E-state index in [1.807, 2.05) is 23.1 Å². The molecule has 1 unspecified atom stereocenters. The molecule has 17 heavy (non-hydrogen) atoms. The average Bonchev–Trinajstić information content (AvgIpc) is 2.71. The van der Waals surface area contributed by atoms with Crippen LogP contribution in [-0.4, -0.2) is 29.6 Å². The molecule has 5 heteroatoms. The molecule has 0 radical (unpaired) electrons. The predicted molar refractivity (Wildman–Crippen MR) is 63.1 cm³/mol. The molecule has 2 aromatic rings. The van der Waals surface area contributed by atoms with Gasteiger partial charge in [0.25, 0.3) is 0 Å². The highest BCUT2D eigenvalue weighted by Gasteiger charge is 2.27. The molecule has 0 saturated heterocycles. The van der Waals surface area contributed by atoms with E-state index < -0.39 is 6.23 Å². The molecule has 0 bridgehead atoms. The summed E-state index contributed by atoms with van der Waals surface area (Å²) in [6, 6.07) is 5.57. The maximum absolute atomic E-state index is 10.0. The molecular weight excluding hydrogens is 220 g/mol. The second-order valence-corrected chi connectivity index (χ2v) is 4.12. The maximum atomic E-state index is 10.0. The van der Waals surface area contributed by atoms with Crippen molar-refractivity contribution in [2.45, 2.75) is 19.6 Å². The monoisotopic (exact) mass is 234 g/mol. The lowest BCUT2D eigenvalue weighted by molar-refractivity contribution is 0.106. The number of benzene rings is 1. The van der Waals surface area contributed by atoms with E-state index >= 15 is 0 Å². The zero-order chi connectivity index (χ0) is 11.8. The van der Waals surface area contributed by atoms with Gasteiger partial charge in [-0.15, -0.1) is 0 Å². The molecule has 3 rings (SSSR count). The SMILES string of the molecule is CCCN1c2noc3cccc(c23)OCC1O. The third-order valence-corrected chi connectivity index (χ3v) is 2.93. The summed E-state index contributed by atoms with van der Waals surface area (Å²) in [6.07, 6.45) is 0.240. The predicted octanol–water partition coefficient (Wildman–Crippen LogP) is 1.75. The van der Waals surface area contributed by atoms with Gasteiger partial charge in [0.15, 0.2) is 17.6 Å². The number of aromatic nitrogens is 1. The summed E-state index contributed by atoms with van der Waals surface area (Å²) in [5.74, 6) is 1.39. The van der Waals surface area contributed by atoms with E-state index in [9.17, 15) is 5.11 Å². The van der Waals surface area contributed by atoms with Gasteiger partial charge in [0, 0.05) is 6.54 Å². The lowest BCUT2D eigenvalue weighted by Gasteiger charge is -2.24. The highest BCUT2D eigenvalue weighted by Crippen LogP contribution is 2.36. The standard InChI is InChI=1S/C12H14N2O3/c1-2-6-14-10(15)7-16-8-4-3-5-9-11(8)12(14)13-17-9/h3-5,10,15H,2,6-7H2,1H3. The molecule has 90 valence electrons. The summed E-state index contributed by atoms with van der Waals surface area (Å²) in [4.78, 5) is 1.82. The fourth-order valence-corrected chi connectivity index (χ4v) is 2.15. The molecular formula is C12H14N2O3. The zero-order valence-electron chi connectivity index (χ0n) is 9.59. The van der Waals surface area contributed by atoms with Crippen molar-refractivity contribution in [2.75, 3.05) is 18.1 Å². The smallest absolute Gasteiger partial charge is 0.185 e. The van der Waals surface area contributed by atoms with Crippen molar-refractivity contribution >= 4 is 16.8 Å². The van der Waals surface area contributed by atoms with Crippen molar-refractivity contribution in [2.24, 2.45) is 0 Å². The lowest BCUT2D eigenvalue weighted by Crippen LogP contribution is -2.39. The van der Waals surface area contributed by atoms with Gasteiger partial charge in [-0.1, -0.05) is 18.1 Å². The Morgan fingerprint density at radius 3 is 3.24 bits per heavy atom. The summed E-state index contributed by atoms with van der Waals surface area (Å²) in [7, 11) is 0. The Bertz CT molecular complexity index is 538. The summed E-state index contributed by atoms with van der Waals surface area (Å²) in [6.45, 7) is 3.03. The Kier molecular flexibility index (Phi) is 2.40. The van der Waals surface area contributed by atoms with Crippen LogP contribution < -0.4 is 9.64 Å². The molecule has 1 aliphatic heterocycles. The van der Waals surface area contributed by atoms with Crippen molar-refractivity contribution in [1.82, 2.24) is 5.16 Å². The lowest BCUT2D eigenvalue weighted by atomic mass is 10.2. The van der Waals surface area contributed by atoms with E-state index in [-0.39, 0.29) is 6.61 Å². The largest absolute Gasteiger partial charge is 0.488 e. The Balaban J connectivity index is 2.19. The quantitative estimate of drug-likeness (QED) is 0.857. The minimum absolute atomic E-state index is 0.246. The average molecular weight is 234 g/mol. The van der Waals surface area contributed by atoms with Gasteiger partial charge in [-0.05, 0) is 18.6 Å². The van der Waals surface area contributed by atoms with Gasteiger partial charge in [0.05, 0.1) is 0 Å². The second kappa shape index (κ2) is 3.92. The van der Waals surface area contributed by atoms with E-state index in [0.717, 1.165) is 24.1 Å². The third kappa shape index (κ3) is 1.54. The fraction of sp³-hybridized carbons (Fsp3) is 0.417. The number of anilines is 1. The van der Waals surface area contributed by atoms with E-state index in [1.54, 1.807) is 0 Å². The number of nitrogens with zero attached hydrogens (tertiary/aromatic N) is 2. The second-order valence-electron chi connectivity index (χ2n) is 4.12. The number of aliphatic hydroxyl groups is 1.